The molecular weight excluding hydrogens is 364 g/mol. The first-order valence-electron chi connectivity index (χ1n) is 8.86. The molecule has 0 bridgehead atoms. The number of benzene rings is 1. The molecule has 3 rings (SSSR count). The molecule has 2 atom stereocenters. The quantitative estimate of drug-likeness (QED) is 0.764. The number of fused-ring (bicyclic) bond motifs is 1. The summed E-state index contributed by atoms with van der Waals surface area (Å²) in [5.74, 6) is -1.09. The molecule has 0 fully saturated rings. The molecule has 0 saturated heterocycles. The van der Waals surface area contributed by atoms with Crippen LogP contribution in [0.25, 0.3) is 11.3 Å². The van der Waals surface area contributed by atoms with Gasteiger partial charge >= 0.3 is 5.97 Å². The van der Waals surface area contributed by atoms with Gasteiger partial charge in [-0.2, -0.15) is 0 Å². The molecule has 0 spiro atoms. The Labute approximate surface area is 162 Å². The molecule has 6 nitrogen and oxygen atoms in total. The number of carboxylic acids is 1. The Bertz CT molecular complexity index is 836. The predicted octanol–water partition coefficient (Wildman–Crippen LogP) is 3.15. The third kappa shape index (κ3) is 3.87. The number of rotatable bonds is 5. The van der Waals surface area contributed by atoms with Crippen LogP contribution in [0.4, 0.5) is 0 Å². The smallest absolute Gasteiger partial charge is 0.354 e. The van der Waals surface area contributed by atoms with Crippen LogP contribution in [0.3, 0.4) is 0 Å². The molecule has 1 aliphatic heterocycles. The van der Waals surface area contributed by atoms with Crippen molar-refractivity contribution in [3.63, 3.8) is 0 Å². The zero-order valence-corrected chi connectivity index (χ0v) is 16.5. The summed E-state index contributed by atoms with van der Waals surface area (Å²) in [7, 11) is 0. The third-order valence-electron chi connectivity index (χ3n) is 4.56. The molecule has 2 aromatic rings. The molecule has 1 aromatic heterocycles. The van der Waals surface area contributed by atoms with E-state index in [1.54, 1.807) is 6.07 Å². The summed E-state index contributed by atoms with van der Waals surface area (Å²) in [6.45, 7) is 6.02. The fraction of sp³-hybridized carbons (Fsp3) is 0.400. The average molecular weight is 388 g/mol. The van der Waals surface area contributed by atoms with Gasteiger partial charge in [-0.15, -0.1) is 4.31 Å². The number of aliphatic hydroxyl groups excluding tert-OH is 1. The van der Waals surface area contributed by atoms with E-state index in [2.05, 4.69) is 4.98 Å². The second-order valence-electron chi connectivity index (χ2n) is 7.56. The van der Waals surface area contributed by atoms with Gasteiger partial charge in [-0.05, 0) is 38.8 Å². The van der Waals surface area contributed by atoms with Gasteiger partial charge in [-0.1, -0.05) is 30.3 Å². The standard InChI is InChI=1S/C20H24N2O4S/c1-20(2,3)27(26)22-12-14-11-15(19(24)25)21-18(13-7-5-4-6-8-13)17(14)16(22)9-10-23/h4-8,11,16,23H,9-10,12H2,1-3H3,(H,24,25). The number of aromatic carboxylic acids is 1. The van der Waals surface area contributed by atoms with Crippen LogP contribution in [0.5, 0.6) is 0 Å². The lowest BCUT2D eigenvalue weighted by Crippen LogP contribution is -2.42. The second-order valence-corrected chi connectivity index (χ2v) is 9.76. The number of aliphatic hydroxyl groups is 1. The number of pyridine rings is 1. The Kier molecular flexibility index (Phi) is 5.58. The van der Waals surface area contributed by atoms with Crippen molar-refractivity contribution in [3.8, 4) is 11.3 Å². The monoisotopic (exact) mass is 388 g/mol. The largest absolute Gasteiger partial charge is 0.597 e. The van der Waals surface area contributed by atoms with E-state index in [-0.39, 0.29) is 18.3 Å². The number of aromatic nitrogens is 1. The van der Waals surface area contributed by atoms with E-state index in [9.17, 15) is 19.6 Å². The summed E-state index contributed by atoms with van der Waals surface area (Å²) in [5.41, 5.74) is 3.02. The SMILES string of the molecule is CC(C)(C)[S+]([O-])N1Cc2cc(C(=O)O)nc(-c3ccccc3)c2C1CCO. The lowest BCUT2D eigenvalue weighted by molar-refractivity contribution is 0.0690. The van der Waals surface area contributed by atoms with Gasteiger partial charge in [0, 0.05) is 29.1 Å². The fourth-order valence-electron chi connectivity index (χ4n) is 3.39. The summed E-state index contributed by atoms with van der Waals surface area (Å²) < 4.78 is 14.5. The second kappa shape index (κ2) is 7.59. The van der Waals surface area contributed by atoms with E-state index in [4.69, 9.17) is 0 Å². The number of hydrogen-bond acceptors (Lipinski definition) is 5. The van der Waals surface area contributed by atoms with Gasteiger partial charge in [-0.25, -0.2) is 9.78 Å². The zero-order valence-electron chi connectivity index (χ0n) is 15.7. The molecule has 7 heteroatoms. The Balaban J connectivity index is 2.18. The Morgan fingerprint density at radius 1 is 1.33 bits per heavy atom. The van der Waals surface area contributed by atoms with E-state index in [1.165, 1.54) is 0 Å². The normalized spacial score (nSPS) is 18.3. The molecule has 27 heavy (non-hydrogen) atoms. The van der Waals surface area contributed by atoms with Crippen molar-refractivity contribution in [2.45, 2.75) is 44.5 Å². The fourth-order valence-corrected chi connectivity index (χ4v) is 4.80. The van der Waals surface area contributed by atoms with Gasteiger partial charge < -0.3 is 14.8 Å². The molecule has 2 heterocycles. The predicted molar refractivity (Wildman–Crippen MR) is 105 cm³/mol. The summed E-state index contributed by atoms with van der Waals surface area (Å²) in [6.07, 6.45) is 0.406. The van der Waals surface area contributed by atoms with Crippen molar-refractivity contribution in [1.29, 1.82) is 0 Å². The highest BCUT2D eigenvalue weighted by molar-refractivity contribution is 7.90. The van der Waals surface area contributed by atoms with Gasteiger partial charge in [0.1, 0.15) is 10.4 Å². The van der Waals surface area contributed by atoms with E-state index in [0.29, 0.717) is 18.7 Å². The molecule has 1 aromatic carbocycles. The Morgan fingerprint density at radius 3 is 2.56 bits per heavy atom. The average Bonchev–Trinajstić information content (AvgIpc) is 2.99. The maximum absolute atomic E-state index is 13.1. The van der Waals surface area contributed by atoms with Crippen LogP contribution < -0.4 is 0 Å². The molecule has 0 amide bonds. The van der Waals surface area contributed by atoms with Crippen LogP contribution in [0, 0.1) is 0 Å². The minimum absolute atomic E-state index is 0.0289. The minimum atomic E-state index is -1.31. The minimum Gasteiger partial charge on any atom is -0.597 e. The molecule has 2 N–H and O–H groups in total. The van der Waals surface area contributed by atoms with Crippen LogP contribution in [-0.2, 0) is 17.9 Å². The van der Waals surface area contributed by atoms with Gasteiger partial charge in [0.25, 0.3) is 0 Å². The molecular formula is C20H24N2O4S. The van der Waals surface area contributed by atoms with Crippen molar-refractivity contribution in [1.82, 2.24) is 9.29 Å². The van der Waals surface area contributed by atoms with Gasteiger partial charge in [0.15, 0.2) is 0 Å². The Morgan fingerprint density at radius 2 is 2.00 bits per heavy atom. The lowest BCUT2D eigenvalue weighted by Gasteiger charge is -2.33. The van der Waals surface area contributed by atoms with Gasteiger partial charge in [0.2, 0.25) is 0 Å². The van der Waals surface area contributed by atoms with Crippen molar-refractivity contribution in [2.75, 3.05) is 6.61 Å². The summed E-state index contributed by atoms with van der Waals surface area (Å²) in [6, 6.07) is 10.7. The molecule has 0 saturated carbocycles. The summed E-state index contributed by atoms with van der Waals surface area (Å²) in [5, 5.41) is 19.1. The van der Waals surface area contributed by atoms with Gasteiger partial charge in [-0.3, -0.25) is 0 Å². The molecule has 2 unspecified atom stereocenters. The highest BCUT2D eigenvalue weighted by Gasteiger charge is 2.44. The first-order valence-corrected chi connectivity index (χ1v) is 9.96. The number of hydrogen-bond donors (Lipinski definition) is 2. The van der Waals surface area contributed by atoms with Crippen molar-refractivity contribution < 1.29 is 19.6 Å². The zero-order chi connectivity index (χ0) is 19.8. The molecule has 0 radical (unpaired) electrons. The summed E-state index contributed by atoms with van der Waals surface area (Å²) >= 11 is -1.31. The molecule has 144 valence electrons. The van der Waals surface area contributed by atoms with E-state index >= 15 is 0 Å². The first-order chi connectivity index (χ1) is 12.7. The molecule has 1 aliphatic rings. The van der Waals surface area contributed by atoms with E-state index in [1.807, 2.05) is 55.4 Å². The third-order valence-corrected chi connectivity index (χ3v) is 6.41. The van der Waals surface area contributed by atoms with E-state index < -0.39 is 22.1 Å². The van der Waals surface area contributed by atoms with E-state index in [0.717, 1.165) is 16.7 Å². The van der Waals surface area contributed by atoms with Crippen LogP contribution in [0.1, 0.15) is 54.8 Å². The maximum Gasteiger partial charge on any atom is 0.354 e. The highest BCUT2D eigenvalue weighted by Crippen LogP contribution is 2.44. The Hall–Kier alpha value is -1.93. The van der Waals surface area contributed by atoms with Crippen LogP contribution >= 0.6 is 0 Å². The van der Waals surface area contributed by atoms with Gasteiger partial charge in [0.05, 0.1) is 18.3 Å². The highest BCUT2D eigenvalue weighted by atomic mass is 32.2. The van der Waals surface area contributed by atoms with Crippen LogP contribution in [-0.4, -0.2) is 41.4 Å². The topological polar surface area (TPSA) is 96.7 Å². The van der Waals surface area contributed by atoms with Crippen LogP contribution in [0.15, 0.2) is 36.4 Å². The van der Waals surface area contributed by atoms with Crippen molar-refractivity contribution in [3.05, 3.63) is 53.2 Å². The first kappa shape index (κ1) is 19.8. The maximum atomic E-state index is 13.1. The van der Waals surface area contributed by atoms with Crippen molar-refractivity contribution in [2.24, 2.45) is 0 Å². The van der Waals surface area contributed by atoms with Crippen molar-refractivity contribution >= 4 is 17.3 Å². The number of nitrogens with zero attached hydrogens (tertiary/aromatic N) is 2. The number of carbonyl (C=O) groups is 1. The number of carboxylic acid groups (broad SMARTS) is 1. The van der Waals surface area contributed by atoms with Crippen LogP contribution in [0.2, 0.25) is 0 Å². The lowest BCUT2D eigenvalue weighted by atomic mass is 9.96. The summed E-state index contributed by atoms with van der Waals surface area (Å²) in [4.78, 5) is 16.0. The molecule has 0 aliphatic carbocycles.